The SMILES string of the molecule is Cc1nc(-c2ccccc2)c(C(=O)O[C@@H](C)C#N)s1. The molecule has 0 aliphatic heterocycles. The van der Waals surface area contributed by atoms with E-state index in [-0.39, 0.29) is 0 Å². The molecule has 19 heavy (non-hydrogen) atoms. The smallest absolute Gasteiger partial charge is 0.351 e. The van der Waals surface area contributed by atoms with Crippen molar-refractivity contribution < 1.29 is 9.53 Å². The Morgan fingerprint density at radius 1 is 1.42 bits per heavy atom. The van der Waals surface area contributed by atoms with Crippen LogP contribution < -0.4 is 0 Å². The molecule has 5 heteroatoms. The molecule has 0 amide bonds. The van der Waals surface area contributed by atoms with Crippen LogP contribution in [-0.2, 0) is 4.74 Å². The normalized spacial score (nSPS) is 11.6. The number of rotatable bonds is 3. The number of nitrogens with zero attached hydrogens (tertiary/aromatic N) is 2. The molecule has 0 radical (unpaired) electrons. The van der Waals surface area contributed by atoms with Gasteiger partial charge in [-0.1, -0.05) is 30.3 Å². The topological polar surface area (TPSA) is 63.0 Å². The van der Waals surface area contributed by atoms with Crippen molar-refractivity contribution >= 4 is 17.3 Å². The zero-order valence-electron chi connectivity index (χ0n) is 10.6. The minimum Gasteiger partial charge on any atom is -0.443 e. The van der Waals surface area contributed by atoms with E-state index in [2.05, 4.69) is 4.98 Å². The van der Waals surface area contributed by atoms with Crippen LogP contribution in [0.4, 0.5) is 0 Å². The summed E-state index contributed by atoms with van der Waals surface area (Å²) >= 11 is 1.27. The molecule has 96 valence electrons. The Kier molecular flexibility index (Phi) is 3.93. The van der Waals surface area contributed by atoms with Crippen LogP contribution >= 0.6 is 11.3 Å². The molecule has 0 N–H and O–H groups in total. The molecular formula is C14H12N2O2S. The lowest BCUT2D eigenvalue weighted by molar-refractivity contribution is 0.0442. The van der Waals surface area contributed by atoms with E-state index in [1.807, 2.05) is 43.3 Å². The van der Waals surface area contributed by atoms with E-state index >= 15 is 0 Å². The van der Waals surface area contributed by atoms with E-state index in [0.717, 1.165) is 10.6 Å². The molecular weight excluding hydrogens is 260 g/mol. The molecule has 0 saturated heterocycles. The number of ether oxygens (including phenoxy) is 1. The average molecular weight is 272 g/mol. The molecule has 1 heterocycles. The summed E-state index contributed by atoms with van der Waals surface area (Å²) in [6, 6.07) is 11.3. The van der Waals surface area contributed by atoms with Crippen molar-refractivity contribution in [3.63, 3.8) is 0 Å². The zero-order chi connectivity index (χ0) is 13.8. The second kappa shape index (κ2) is 5.63. The first-order valence-electron chi connectivity index (χ1n) is 5.75. The van der Waals surface area contributed by atoms with Gasteiger partial charge in [0.25, 0.3) is 0 Å². The number of hydrogen-bond donors (Lipinski definition) is 0. The summed E-state index contributed by atoms with van der Waals surface area (Å²) in [6.07, 6.45) is -0.765. The van der Waals surface area contributed by atoms with E-state index < -0.39 is 12.1 Å². The van der Waals surface area contributed by atoms with E-state index in [1.54, 1.807) is 0 Å². The molecule has 0 unspecified atom stereocenters. The van der Waals surface area contributed by atoms with Crippen molar-refractivity contribution in [3.05, 3.63) is 40.2 Å². The lowest BCUT2D eigenvalue weighted by Crippen LogP contribution is -2.12. The van der Waals surface area contributed by atoms with Crippen LogP contribution in [-0.4, -0.2) is 17.1 Å². The fraction of sp³-hybridized carbons (Fsp3) is 0.214. The Bertz CT molecular complexity index is 629. The third-order valence-corrected chi connectivity index (χ3v) is 3.38. The van der Waals surface area contributed by atoms with Crippen LogP contribution in [0.2, 0.25) is 0 Å². The molecule has 1 aromatic carbocycles. The van der Waals surface area contributed by atoms with Gasteiger partial charge in [0.05, 0.1) is 10.7 Å². The Morgan fingerprint density at radius 2 is 2.11 bits per heavy atom. The number of carbonyl (C=O) groups is 1. The van der Waals surface area contributed by atoms with Gasteiger partial charge in [0, 0.05) is 5.56 Å². The molecule has 2 aromatic rings. The van der Waals surface area contributed by atoms with Crippen molar-refractivity contribution in [1.29, 1.82) is 5.26 Å². The third kappa shape index (κ3) is 2.98. The summed E-state index contributed by atoms with van der Waals surface area (Å²) in [6.45, 7) is 3.37. The van der Waals surface area contributed by atoms with Gasteiger partial charge in [0.2, 0.25) is 0 Å². The molecule has 0 spiro atoms. The number of esters is 1. The lowest BCUT2D eigenvalue weighted by atomic mass is 10.1. The molecule has 4 nitrogen and oxygen atoms in total. The van der Waals surface area contributed by atoms with Crippen LogP contribution in [0.3, 0.4) is 0 Å². The van der Waals surface area contributed by atoms with Crippen LogP contribution in [0.15, 0.2) is 30.3 Å². The Hall–Kier alpha value is -2.19. The van der Waals surface area contributed by atoms with Gasteiger partial charge in [-0.2, -0.15) is 5.26 Å². The maximum Gasteiger partial charge on any atom is 0.351 e. The standard InChI is InChI=1S/C14H12N2O2S/c1-9(8-15)18-14(17)13-12(16-10(2)19-13)11-6-4-3-5-7-11/h3-7,9H,1-2H3/t9-/m0/s1. The van der Waals surface area contributed by atoms with Crippen molar-refractivity contribution in [3.8, 4) is 17.3 Å². The van der Waals surface area contributed by atoms with Gasteiger partial charge in [-0.25, -0.2) is 9.78 Å². The number of nitriles is 1. The molecule has 2 rings (SSSR count). The maximum absolute atomic E-state index is 12.0. The summed E-state index contributed by atoms with van der Waals surface area (Å²) in [5.74, 6) is -0.501. The van der Waals surface area contributed by atoms with E-state index in [1.165, 1.54) is 18.3 Å². The summed E-state index contributed by atoms with van der Waals surface area (Å²) < 4.78 is 5.03. The average Bonchev–Trinajstić information content (AvgIpc) is 2.82. The summed E-state index contributed by atoms with van der Waals surface area (Å²) in [5, 5.41) is 9.47. The predicted molar refractivity (Wildman–Crippen MR) is 72.8 cm³/mol. The number of benzene rings is 1. The first-order chi connectivity index (χ1) is 9.11. The van der Waals surface area contributed by atoms with Gasteiger partial charge in [-0.05, 0) is 13.8 Å². The first kappa shape index (κ1) is 13.2. The second-order valence-electron chi connectivity index (χ2n) is 3.95. The van der Waals surface area contributed by atoms with Gasteiger partial charge in [0.1, 0.15) is 10.9 Å². The highest BCUT2D eigenvalue weighted by Crippen LogP contribution is 2.28. The Morgan fingerprint density at radius 3 is 2.74 bits per heavy atom. The molecule has 0 saturated carbocycles. The highest BCUT2D eigenvalue weighted by atomic mass is 32.1. The largest absolute Gasteiger partial charge is 0.443 e. The highest BCUT2D eigenvalue weighted by Gasteiger charge is 2.21. The van der Waals surface area contributed by atoms with Crippen molar-refractivity contribution in [2.75, 3.05) is 0 Å². The lowest BCUT2D eigenvalue weighted by Gasteiger charge is -2.05. The van der Waals surface area contributed by atoms with Gasteiger partial charge in [0.15, 0.2) is 6.10 Å². The minimum absolute atomic E-state index is 0.436. The molecule has 1 aromatic heterocycles. The summed E-state index contributed by atoms with van der Waals surface area (Å²) in [5.41, 5.74) is 1.47. The molecule has 1 atom stereocenters. The molecule has 0 fully saturated rings. The van der Waals surface area contributed by atoms with Crippen molar-refractivity contribution in [2.24, 2.45) is 0 Å². The third-order valence-electron chi connectivity index (χ3n) is 2.43. The number of aryl methyl sites for hydroxylation is 1. The summed E-state index contributed by atoms with van der Waals surface area (Å²) in [4.78, 5) is 16.8. The monoisotopic (exact) mass is 272 g/mol. The fourth-order valence-electron chi connectivity index (χ4n) is 1.60. The fourth-order valence-corrected chi connectivity index (χ4v) is 2.42. The van der Waals surface area contributed by atoms with E-state index in [9.17, 15) is 4.79 Å². The van der Waals surface area contributed by atoms with Crippen molar-refractivity contribution in [2.45, 2.75) is 20.0 Å². The first-order valence-corrected chi connectivity index (χ1v) is 6.57. The Labute approximate surface area is 115 Å². The Balaban J connectivity index is 2.37. The van der Waals surface area contributed by atoms with Crippen molar-refractivity contribution in [1.82, 2.24) is 4.98 Å². The summed E-state index contributed by atoms with van der Waals surface area (Å²) in [7, 11) is 0. The predicted octanol–water partition coefficient (Wildman–Crippen LogP) is 3.19. The van der Waals surface area contributed by atoms with E-state index in [4.69, 9.17) is 10.00 Å². The van der Waals surface area contributed by atoms with Crippen LogP contribution in [0, 0.1) is 18.3 Å². The number of aromatic nitrogens is 1. The number of hydrogen-bond acceptors (Lipinski definition) is 5. The number of thiazole rings is 1. The van der Waals surface area contributed by atoms with Crippen LogP contribution in [0.1, 0.15) is 21.6 Å². The van der Waals surface area contributed by atoms with Gasteiger partial charge >= 0.3 is 5.97 Å². The van der Waals surface area contributed by atoms with E-state index in [0.29, 0.717) is 10.6 Å². The molecule has 0 bridgehead atoms. The second-order valence-corrected chi connectivity index (χ2v) is 5.16. The van der Waals surface area contributed by atoms with Gasteiger partial charge in [-0.15, -0.1) is 11.3 Å². The number of carbonyl (C=O) groups excluding carboxylic acids is 1. The van der Waals surface area contributed by atoms with Crippen LogP contribution in [0.5, 0.6) is 0 Å². The van der Waals surface area contributed by atoms with Crippen LogP contribution in [0.25, 0.3) is 11.3 Å². The minimum atomic E-state index is -0.765. The highest BCUT2D eigenvalue weighted by molar-refractivity contribution is 7.14. The maximum atomic E-state index is 12.0. The molecule has 0 aliphatic rings. The molecule has 0 aliphatic carbocycles. The quantitative estimate of drug-likeness (QED) is 0.805. The van der Waals surface area contributed by atoms with Gasteiger partial charge in [-0.3, -0.25) is 0 Å². The zero-order valence-corrected chi connectivity index (χ0v) is 11.4. The van der Waals surface area contributed by atoms with Gasteiger partial charge < -0.3 is 4.74 Å².